The molecule has 0 saturated heterocycles. The maximum atomic E-state index is 12.4. The van der Waals surface area contributed by atoms with Crippen molar-refractivity contribution in [2.24, 2.45) is 5.92 Å². The van der Waals surface area contributed by atoms with E-state index in [1.165, 1.54) is 6.92 Å². The fraction of sp³-hybridized carbons (Fsp3) is 0.476. The molecule has 0 radical (unpaired) electrons. The molecule has 0 aliphatic carbocycles. The van der Waals surface area contributed by atoms with Gasteiger partial charge in [-0.2, -0.15) is 0 Å². The van der Waals surface area contributed by atoms with Crippen LogP contribution in [0.25, 0.3) is 0 Å². The Morgan fingerprint density at radius 2 is 1.67 bits per heavy atom. The van der Waals surface area contributed by atoms with Gasteiger partial charge in [-0.3, -0.25) is 24.1 Å². The lowest BCUT2D eigenvalue weighted by molar-refractivity contribution is -0.144. The molecule has 1 aliphatic rings. The number of nitrogens with one attached hydrogen (secondary N) is 1. The molecule has 1 atom stereocenters. The second kappa shape index (κ2) is 9.88. The molecule has 0 unspecified atom stereocenters. The molecule has 9 heteroatoms. The van der Waals surface area contributed by atoms with Crippen LogP contribution in [0.15, 0.2) is 24.3 Å². The number of fused-ring (bicyclic) bond motifs is 1. The van der Waals surface area contributed by atoms with Crippen molar-refractivity contribution in [3.8, 4) is 0 Å². The van der Waals surface area contributed by atoms with Crippen LogP contribution in [-0.2, 0) is 14.4 Å². The summed E-state index contributed by atoms with van der Waals surface area (Å²) in [4.78, 5) is 59.9. The van der Waals surface area contributed by atoms with Crippen molar-refractivity contribution in [2.45, 2.75) is 51.3 Å². The Morgan fingerprint density at radius 1 is 1.10 bits per heavy atom. The molecule has 0 fully saturated rings. The summed E-state index contributed by atoms with van der Waals surface area (Å²) in [6.45, 7) is 5.06. The number of carbonyl (C=O) groups is 5. The molecular weight excluding hydrogens is 408 g/mol. The van der Waals surface area contributed by atoms with Crippen LogP contribution in [0.1, 0.15) is 67.2 Å². The molecule has 3 amide bonds. The number of thioether (sulfide) groups is 1. The van der Waals surface area contributed by atoms with Crippen LogP contribution in [0, 0.1) is 5.92 Å². The zero-order chi connectivity index (χ0) is 22.5. The molecule has 1 aliphatic heterocycles. The third-order valence-electron chi connectivity index (χ3n) is 4.61. The van der Waals surface area contributed by atoms with E-state index in [-0.39, 0.29) is 37.1 Å². The number of carboxylic acids is 1. The van der Waals surface area contributed by atoms with Gasteiger partial charge in [0.2, 0.25) is 5.91 Å². The number of rotatable bonds is 10. The zero-order valence-corrected chi connectivity index (χ0v) is 18.1. The first-order chi connectivity index (χ1) is 14.1. The highest BCUT2D eigenvalue weighted by molar-refractivity contribution is 8.15. The maximum absolute atomic E-state index is 12.4. The van der Waals surface area contributed by atoms with Gasteiger partial charge in [0.05, 0.1) is 11.1 Å². The standard InChI is InChI=1S/C21H26N2O6S/c1-13(2)12-21(20(28)29,30-14(3)24)22-17(25)10-6-7-11-23-18(26)15-8-4-5-9-16(15)19(23)27/h4-5,8-9,13H,6-7,10-12H2,1-3H3,(H,22,25)(H,28,29)/t21-/m1/s1. The lowest BCUT2D eigenvalue weighted by atomic mass is 10.0. The third kappa shape index (κ3) is 5.47. The molecule has 2 rings (SSSR count). The Hall–Kier alpha value is -2.68. The van der Waals surface area contributed by atoms with Crippen LogP contribution in [0.5, 0.6) is 0 Å². The van der Waals surface area contributed by atoms with Crippen LogP contribution in [0.2, 0.25) is 0 Å². The molecule has 8 nitrogen and oxygen atoms in total. The van der Waals surface area contributed by atoms with Crippen LogP contribution in [0.4, 0.5) is 0 Å². The molecular formula is C21H26N2O6S. The van der Waals surface area contributed by atoms with Crippen LogP contribution in [-0.4, -0.2) is 50.2 Å². The summed E-state index contributed by atoms with van der Waals surface area (Å²) < 4.78 is 0. The average Bonchev–Trinajstić information content (AvgIpc) is 2.88. The van der Waals surface area contributed by atoms with Gasteiger partial charge in [0, 0.05) is 19.9 Å². The SMILES string of the molecule is CC(=O)S[C@@](CC(C)C)(NC(=O)CCCCN1C(=O)c2ccccc2C1=O)C(=O)O. The number of hydrogen-bond acceptors (Lipinski definition) is 6. The Bertz CT molecular complexity index is 834. The first-order valence-electron chi connectivity index (χ1n) is 9.76. The van der Waals surface area contributed by atoms with Crippen LogP contribution < -0.4 is 5.32 Å². The largest absolute Gasteiger partial charge is 0.479 e. The Balaban J connectivity index is 1.91. The molecule has 162 valence electrons. The summed E-state index contributed by atoms with van der Waals surface area (Å²) >= 11 is 0.597. The number of amides is 3. The Kier molecular flexibility index (Phi) is 7.77. The summed E-state index contributed by atoms with van der Waals surface area (Å²) in [6, 6.07) is 6.61. The number of imide groups is 1. The van der Waals surface area contributed by atoms with E-state index in [2.05, 4.69) is 5.32 Å². The summed E-state index contributed by atoms with van der Waals surface area (Å²) in [5, 5.41) is 11.8. The lowest BCUT2D eigenvalue weighted by Crippen LogP contribution is -2.53. The normalized spacial score (nSPS) is 15.1. The van der Waals surface area contributed by atoms with Gasteiger partial charge in [0.1, 0.15) is 0 Å². The Morgan fingerprint density at radius 3 is 2.13 bits per heavy atom. The molecule has 1 aromatic carbocycles. The van der Waals surface area contributed by atoms with Gasteiger partial charge >= 0.3 is 5.97 Å². The van der Waals surface area contributed by atoms with E-state index in [0.29, 0.717) is 35.7 Å². The number of aliphatic carboxylic acids is 1. The highest BCUT2D eigenvalue weighted by atomic mass is 32.2. The average molecular weight is 435 g/mol. The van der Waals surface area contributed by atoms with Gasteiger partial charge in [-0.15, -0.1) is 0 Å². The second-order valence-electron chi connectivity index (χ2n) is 7.64. The van der Waals surface area contributed by atoms with Crippen LogP contribution >= 0.6 is 11.8 Å². The maximum Gasteiger partial charge on any atom is 0.340 e. The number of carbonyl (C=O) groups excluding carboxylic acids is 4. The molecule has 2 N–H and O–H groups in total. The fourth-order valence-electron chi connectivity index (χ4n) is 3.41. The number of benzene rings is 1. The summed E-state index contributed by atoms with van der Waals surface area (Å²) in [6.07, 6.45) is 0.895. The van der Waals surface area contributed by atoms with Crippen molar-refractivity contribution < 1.29 is 29.1 Å². The Labute approximate surface area is 179 Å². The fourth-order valence-corrected chi connectivity index (χ4v) is 4.57. The molecule has 0 aromatic heterocycles. The first-order valence-corrected chi connectivity index (χ1v) is 10.6. The van der Waals surface area contributed by atoms with Crippen molar-refractivity contribution in [3.63, 3.8) is 0 Å². The molecule has 0 spiro atoms. The van der Waals surface area contributed by atoms with Gasteiger partial charge in [-0.05, 0) is 49.1 Å². The van der Waals surface area contributed by atoms with Gasteiger partial charge < -0.3 is 10.4 Å². The van der Waals surface area contributed by atoms with Crippen molar-refractivity contribution in [2.75, 3.05) is 6.54 Å². The second-order valence-corrected chi connectivity index (χ2v) is 9.11. The van der Waals surface area contributed by atoms with E-state index < -0.39 is 21.9 Å². The van der Waals surface area contributed by atoms with Crippen molar-refractivity contribution >= 4 is 40.6 Å². The smallest absolute Gasteiger partial charge is 0.340 e. The monoisotopic (exact) mass is 434 g/mol. The minimum atomic E-state index is -1.71. The predicted octanol–water partition coefficient (Wildman–Crippen LogP) is 2.68. The van der Waals surface area contributed by atoms with Crippen LogP contribution in [0.3, 0.4) is 0 Å². The number of hydrogen-bond donors (Lipinski definition) is 2. The number of carboxylic acid groups (broad SMARTS) is 1. The van der Waals surface area contributed by atoms with Gasteiger partial charge in [-0.25, -0.2) is 4.79 Å². The number of nitrogens with zero attached hydrogens (tertiary/aromatic N) is 1. The molecule has 0 bridgehead atoms. The minimum absolute atomic E-state index is 0.0226. The zero-order valence-electron chi connectivity index (χ0n) is 17.3. The van der Waals surface area contributed by atoms with Gasteiger partial charge in [0.25, 0.3) is 11.8 Å². The van der Waals surface area contributed by atoms with Crippen molar-refractivity contribution in [3.05, 3.63) is 35.4 Å². The lowest BCUT2D eigenvalue weighted by Gasteiger charge is -2.30. The van der Waals surface area contributed by atoms with Crippen molar-refractivity contribution in [1.29, 1.82) is 0 Å². The van der Waals surface area contributed by atoms with E-state index in [9.17, 15) is 29.1 Å². The third-order valence-corrected chi connectivity index (χ3v) is 5.69. The van der Waals surface area contributed by atoms with Gasteiger partial charge in [0.15, 0.2) is 9.99 Å². The van der Waals surface area contributed by atoms with E-state index >= 15 is 0 Å². The van der Waals surface area contributed by atoms with Gasteiger partial charge in [-0.1, -0.05) is 26.0 Å². The topological polar surface area (TPSA) is 121 Å². The summed E-state index contributed by atoms with van der Waals surface area (Å²) in [7, 11) is 0. The number of unbranched alkanes of at least 4 members (excludes halogenated alkanes) is 1. The first kappa shape index (κ1) is 23.6. The molecule has 0 saturated carbocycles. The molecule has 1 aromatic rings. The van der Waals surface area contributed by atoms with E-state index in [0.717, 1.165) is 4.90 Å². The highest BCUT2D eigenvalue weighted by Crippen LogP contribution is 2.31. The molecule has 1 heterocycles. The van der Waals surface area contributed by atoms with E-state index in [1.807, 2.05) is 13.8 Å². The summed E-state index contributed by atoms with van der Waals surface area (Å²) in [5.74, 6) is -2.51. The molecule has 30 heavy (non-hydrogen) atoms. The summed E-state index contributed by atoms with van der Waals surface area (Å²) in [5.41, 5.74) is 0.753. The van der Waals surface area contributed by atoms with Crippen molar-refractivity contribution in [1.82, 2.24) is 10.2 Å². The minimum Gasteiger partial charge on any atom is -0.479 e. The van der Waals surface area contributed by atoms with E-state index in [4.69, 9.17) is 0 Å². The highest BCUT2D eigenvalue weighted by Gasteiger charge is 2.43. The quantitative estimate of drug-likeness (QED) is 0.330. The van der Waals surface area contributed by atoms with E-state index in [1.54, 1.807) is 24.3 Å². The predicted molar refractivity (Wildman–Crippen MR) is 112 cm³/mol.